The highest BCUT2D eigenvalue weighted by Crippen LogP contribution is 2.18. The third kappa shape index (κ3) is 5.02. The van der Waals surface area contributed by atoms with Crippen molar-refractivity contribution in [3.8, 4) is 11.8 Å². The van der Waals surface area contributed by atoms with E-state index in [-0.39, 0.29) is 5.78 Å². The Morgan fingerprint density at radius 3 is 2.37 bits per heavy atom. The molecule has 0 aliphatic heterocycles. The maximum absolute atomic E-state index is 12.6. The molecule has 0 N–H and O–H groups in total. The molecule has 0 aliphatic rings. The van der Waals surface area contributed by atoms with Crippen LogP contribution in [0, 0.1) is 25.2 Å². The number of nitriles is 1. The van der Waals surface area contributed by atoms with Crippen LogP contribution < -0.4 is 4.74 Å². The van der Waals surface area contributed by atoms with Crippen molar-refractivity contribution in [1.29, 1.82) is 5.26 Å². The zero-order valence-electron chi connectivity index (χ0n) is 15.4. The van der Waals surface area contributed by atoms with E-state index < -0.39 is 0 Å². The number of benzene rings is 2. The summed E-state index contributed by atoms with van der Waals surface area (Å²) in [5.74, 6) is 0.691. The molecular weight excluding hydrogens is 336 g/mol. The lowest BCUT2D eigenvalue weighted by atomic mass is 10.0. The highest BCUT2D eigenvalue weighted by molar-refractivity contribution is 5.97. The number of aromatic nitrogens is 1. The third-order valence-electron chi connectivity index (χ3n) is 4.15. The van der Waals surface area contributed by atoms with Crippen LogP contribution in [-0.4, -0.2) is 10.8 Å². The zero-order chi connectivity index (χ0) is 19.2. The molecule has 0 unspecified atom stereocenters. The average molecular weight is 356 g/mol. The first kappa shape index (κ1) is 18.3. The number of Topliss-reactive ketones (excluding diaryl/α,β-unsaturated/α-hetero) is 1. The van der Waals surface area contributed by atoms with E-state index in [0.29, 0.717) is 29.9 Å². The second-order valence-electron chi connectivity index (χ2n) is 6.48. The number of ether oxygens (including phenoxy) is 1. The summed E-state index contributed by atoms with van der Waals surface area (Å²) in [5, 5.41) is 8.84. The molecule has 4 nitrogen and oxygen atoms in total. The van der Waals surface area contributed by atoms with Gasteiger partial charge in [0.05, 0.1) is 11.6 Å². The lowest BCUT2D eigenvalue weighted by molar-refractivity contribution is 0.0992. The summed E-state index contributed by atoms with van der Waals surface area (Å²) in [5.41, 5.74) is 5.00. The molecule has 134 valence electrons. The van der Waals surface area contributed by atoms with Gasteiger partial charge in [0, 0.05) is 23.4 Å². The van der Waals surface area contributed by atoms with Crippen molar-refractivity contribution < 1.29 is 9.53 Å². The Balaban J connectivity index is 1.67. The predicted octanol–water partition coefficient (Wildman–Crippen LogP) is 4.57. The largest absolute Gasteiger partial charge is 0.489 e. The van der Waals surface area contributed by atoms with Crippen molar-refractivity contribution in [2.24, 2.45) is 0 Å². The van der Waals surface area contributed by atoms with Crippen molar-refractivity contribution >= 4 is 5.78 Å². The molecule has 0 saturated carbocycles. The third-order valence-corrected chi connectivity index (χ3v) is 4.15. The van der Waals surface area contributed by atoms with Crippen LogP contribution in [0.25, 0.3) is 0 Å². The van der Waals surface area contributed by atoms with Crippen LogP contribution >= 0.6 is 0 Å². The number of nitrogens with zero attached hydrogens (tertiary/aromatic N) is 2. The number of carbonyl (C=O) groups excluding carboxylic acids is 1. The molecule has 0 radical (unpaired) electrons. The van der Waals surface area contributed by atoms with Gasteiger partial charge in [-0.1, -0.05) is 24.3 Å². The van der Waals surface area contributed by atoms with E-state index in [4.69, 9.17) is 10.00 Å². The van der Waals surface area contributed by atoms with E-state index in [2.05, 4.69) is 11.1 Å². The fourth-order valence-electron chi connectivity index (χ4n) is 2.91. The second-order valence-corrected chi connectivity index (χ2v) is 6.48. The van der Waals surface area contributed by atoms with Crippen molar-refractivity contribution in [3.63, 3.8) is 0 Å². The summed E-state index contributed by atoms with van der Waals surface area (Å²) in [4.78, 5) is 17.0. The Morgan fingerprint density at radius 1 is 1.00 bits per heavy atom. The molecule has 2 aromatic carbocycles. The molecule has 3 aromatic rings. The van der Waals surface area contributed by atoms with Gasteiger partial charge in [-0.2, -0.15) is 5.26 Å². The number of ketones is 1. The second kappa shape index (κ2) is 8.29. The standard InChI is InChI=1S/C23H20N2O2/c1-16-10-20(11-17(2)25-16)12-23(26)21-4-3-5-22(13-21)27-15-19-8-6-18(14-24)7-9-19/h3-11,13H,12,15H2,1-2H3. The van der Waals surface area contributed by atoms with Crippen LogP contribution in [0.2, 0.25) is 0 Å². The molecular formula is C23H20N2O2. The van der Waals surface area contributed by atoms with E-state index >= 15 is 0 Å². The number of pyridine rings is 1. The smallest absolute Gasteiger partial charge is 0.167 e. The quantitative estimate of drug-likeness (QED) is 0.607. The van der Waals surface area contributed by atoms with Crippen LogP contribution in [0.1, 0.15) is 38.4 Å². The maximum Gasteiger partial charge on any atom is 0.167 e. The summed E-state index contributed by atoms with van der Waals surface area (Å²) in [6.45, 7) is 4.24. The molecule has 0 atom stereocenters. The van der Waals surface area contributed by atoms with E-state index in [1.165, 1.54) is 0 Å². The van der Waals surface area contributed by atoms with Crippen LogP contribution in [0.3, 0.4) is 0 Å². The van der Waals surface area contributed by atoms with E-state index in [9.17, 15) is 4.79 Å². The Hall–Kier alpha value is -3.45. The van der Waals surface area contributed by atoms with Crippen LogP contribution in [-0.2, 0) is 13.0 Å². The Bertz CT molecular complexity index is 981. The Kier molecular flexibility index (Phi) is 5.63. The summed E-state index contributed by atoms with van der Waals surface area (Å²) in [7, 11) is 0. The van der Waals surface area contributed by atoms with Gasteiger partial charge in [0.2, 0.25) is 0 Å². The van der Waals surface area contributed by atoms with Crippen molar-refractivity contribution in [2.45, 2.75) is 26.9 Å². The normalized spacial score (nSPS) is 10.3. The van der Waals surface area contributed by atoms with Crippen molar-refractivity contribution in [2.75, 3.05) is 0 Å². The first-order valence-electron chi connectivity index (χ1n) is 8.73. The highest BCUT2D eigenvalue weighted by Gasteiger charge is 2.09. The number of rotatable bonds is 6. The minimum atomic E-state index is 0.0452. The van der Waals surface area contributed by atoms with Gasteiger partial charge in [0.1, 0.15) is 12.4 Å². The number of aryl methyl sites for hydroxylation is 2. The van der Waals surface area contributed by atoms with Gasteiger partial charge in [0.25, 0.3) is 0 Å². The molecule has 0 amide bonds. The van der Waals surface area contributed by atoms with Gasteiger partial charge in [-0.05, 0) is 61.4 Å². The first-order valence-corrected chi connectivity index (χ1v) is 8.73. The lowest BCUT2D eigenvalue weighted by Gasteiger charge is -2.09. The fourth-order valence-corrected chi connectivity index (χ4v) is 2.91. The number of carbonyl (C=O) groups is 1. The summed E-state index contributed by atoms with van der Waals surface area (Å²) in [6, 6.07) is 20.5. The molecule has 1 heterocycles. The van der Waals surface area contributed by atoms with E-state index in [1.54, 1.807) is 24.3 Å². The number of hydrogen-bond acceptors (Lipinski definition) is 4. The van der Waals surface area contributed by atoms with E-state index in [0.717, 1.165) is 22.5 Å². The topological polar surface area (TPSA) is 63.0 Å². The van der Waals surface area contributed by atoms with Gasteiger partial charge >= 0.3 is 0 Å². The minimum absolute atomic E-state index is 0.0452. The van der Waals surface area contributed by atoms with Crippen LogP contribution in [0.4, 0.5) is 0 Å². The molecule has 4 heteroatoms. The van der Waals surface area contributed by atoms with Gasteiger partial charge in [-0.3, -0.25) is 9.78 Å². The fraction of sp³-hybridized carbons (Fsp3) is 0.174. The van der Waals surface area contributed by atoms with Gasteiger partial charge in [-0.25, -0.2) is 0 Å². The molecule has 27 heavy (non-hydrogen) atoms. The molecule has 1 aromatic heterocycles. The Morgan fingerprint density at radius 2 is 1.70 bits per heavy atom. The van der Waals surface area contributed by atoms with Gasteiger partial charge in [-0.15, -0.1) is 0 Å². The lowest BCUT2D eigenvalue weighted by Crippen LogP contribution is -2.05. The van der Waals surface area contributed by atoms with E-state index in [1.807, 2.05) is 50.2 Å². The molecule has 0 saturated heterocycles. The van der Waals surface area contributed by atoms with Crippen molar-refractivity contribution in [1.82, 2.24) is 4.98 Å². The molecule has 0 spiro atoms. The summed E-state index contributed by atoms with van der Waals surface area (Å²) < 4.78 is 5.80. The minimum Gasteiger partial charge on any atom is -0.489 e. The SMILES string of the molecule is Cc1cc(CC(=O)c2cccc(OCc3ccc(C#N)cc3)c2)cc(C)n1. The van der Waals surface area contributed by atoms with Gasteiger partial charge in [0.15, 0.2) is 5.78 Å². The molecule has 0 fully saturated rings. The maximum atomic E-state index is 12.6. The van der Waals surface area contributed by atoms with Crippen molar-refractivity contribution in [3.05, 3.63) is 94.3 Å². The molecule has 0 aliphatic carbocycles. The monoisotopic (exact) mass is 356 g/mol. The van der Waals surface area contributed by atoms with Crippen LogP contribution in [0.5, 0.6) is 5.75 Å². The predicted molar refractivity (Wildman–Crippen MR) is 104 cm³/mol. The first-order chi connectivity index (χ1) is 13.0. The highest BCUT2D eigenvalue weighted by atomic mass is 16.5. The Labute approximate surface area is 159 Å². The molecule has 0 bridgehead atoms. The molecule has 3 rings (SSSR count). The summed E-state index contributed by atoms with van der Waals surface area (Å²) in [6.07, 6.45) is 0.337. The average Bonchev–Trinajstić information content (AvgIpc) is 2.66. The number of hydrogen-bond donors (Lipinski definition) is 0. The zero-order valence-corrected chi connectivity index (χ0v) is 15.4. The van der Waals surface area contributed by atoms with Gasteiger partial charge < -0.3 is 4.74 Å². The van der Waals surface area contributed by atoms with Crippen LogP contribution in [0.15, 0.2) is 60.7 Å². The summed E-state index contributed by atoms with van der Waals surface area (Å²) >= 11 is 0.